The summed E-state index contributed by atoms with van der Waals surface area (Å²) in [7, 11) is 0. The second-order valence-electron chi connectivity index (χ2n) is 5.20. The molecule has 26 heavy (non-hydrogen) atoms. The van der Waals surface area contributed by atoms with Crippen LogP contribution in [-0.4, -0.2) is 22.5 Å². The third-order valence-electron chi connectivity index (χ3n) is 3.51. The number of rotatable bonds is 5. The molecule has 0 aliphatic carbocycles. The second kappa shape index (κ2) is 7.37. The Morgan fingerprint density at radius 2 is 2.04 bits per heavy atom. The van der Waals surface area contributed by atoms with Crippen molar-refractivity contribution in [3.05, 3.63) is 69.4 Å². The minimum atomic E-state index is -0.724. The van der Waals surface area contributed by atoms with Gasteiger partial charge in [0.25, 0.3) is 5.69 Å². The van der Waals surface area contributed by atoms with Gasteiger partial charge in [-0.25, -0.2) is 9.78 Å². The lowest BCUT2D eigenvalue weighted by Crippen LogP contribution is -2.07. The Morgan fingerprint density at radius 3 is 2.73 bits per heavy atom. The second-order valence-corrected chi connectivity index (χ2v) is 5.64. The zero-order chi connectivity index (χ0) is 18.7. The van der Waals surface area contributed by atoms with E-state index in [1.165, 1.54) is 18.2 Å². The van der Waals surface area contributed by atoms with Crippen LogP contribution in [0.15, 0.2) is 52.9 Å². The van der Waals surface area contributed by atoms with E-state index in [2.05, 4.69) is 4.98 Å². The number of hydrogen-bond acceptors (Lipinski definition) is 6. The lowest BCUT2D eigenvalue weighted by atomic mass is 10.1. The number of halogens is 1. The van der Waals surface area contributed by atoms with Crippen LogP contribution in [0.25, 0.3) is 22.8 Å². The monoisotopic (exact) mass is 372 g/mol. The number of carbonyl (C=O) groups is 1. The van der Waals surface area contributed by atoms with Crippen molar-refractivity contribution in [3.8, 4) is 22.8 Å². The lowest BCUT2D eigenvalue weighted by Gasteiger charge is -2.02. The van der Waals surface area contributed by atoms with Crippen molar-refractivity contribution in [2.24, 2.45) is 0 Å². The number of aromatic nitrogens is 1. The molecule has 0 unspecified atom stereocenters. The van der Waals surface area contributed by atoms with Crippen LogP contribution >= 0.6 is 11.6 Å². The van der Waals surface area contributed by atoms with Crippen LogP contribution in [0.3, 0.4) is 0 Å². The van der Waals surface area contributed by atoms with E-state index < -0.39 is 10.9 Å². The van der Waals surface area contributed by atoms with Crippen LogP contribution < -0.4 is 0 Å². The summed E-state index contributed by atoms with van der Waals surface area (Å²) in [5.41, 5.74) is 0.345. The summed E-state index contributed by atoms with van der Waals surface area (Å²) < 4.78 is 10.7. The average Bonchev–Trinajstić information content (AvgIpc) is 3.07. The Labute approximate surface area is 153 Å². The highest BCUT2D eigenvalue weighted by Gasteiger charge is 2.28. The largest absolute Gasteiger partial charge is 0.461 e. The Bertz CT molecular complexity index is 983. The van der Waals surface area contributed by atoms with E-state index in [1.807, 2.05) is 0 Å². The molecule has 0 atom stereocenters. The molecule has 1 aromatic heterocycles. The summed E-state index contributed by atoms with van der Waals surface area (Å²) in [6, 6.07) is 12.7. The number of carbonyl (C=O) groups excluding carboxylic acids is 1. The van der Waals surface area contributed by atoms with Gasteiger partial charge in [0.2, 0.25) is 5.89 Å². The molecular formula is C18H13ClN2O5. The van der Waals surface area contributed by atoms with E-state index in [4.69, 9.17) is 20.8 Å². The van der Waals surface area contributed by atoms with Gasteiger partial charge in [0, 0.05) is 16.7 Å². The molecule has 7 nitrogen and oxygen atoms in total. The molecule has 1 heterocycles. The van der Waals surface area contributed by atoms with Crippen LogP contribution in [0.5, 0.6) is 0 Å². The third-order valence-corrected chi connectivity index (χ3v) is 3.75. The molecule has 0 saturated heterocycles. The Balaban J connectivity index is 2.21. The number of nitro benzene ring substituents is 1. The first-order valence-electron chi connectivity index (χ1n) is 7.69. The fraction of sp³-hybridized carbons (Fsp3) is 0.111. The van der Waals surface area contributed by atoms with E-state index in [0.29, 0.717) is 10.6 Å². The van der Waals surface area contributed by atoms with Crippen molar-refractivity contribution < 1.29 is 18.9 Å². The average molecular weight is 373 g/mol. The maximum Gasteiger partial charge on any atom is 0.361 e. The van der Waals surface area contributed by atoms with Crippen molar-refractivity contribution in [2.45, 2.75) is 6.92 Å². The number of hydrogen-bond donors (Lipinski definition) is 0. The van der Waals surface area contributed by atoms with Crippen LogP contribution in [0.2, 0.25) is 5.02 Å². The van der Waals surface area contributed by atoms with Gasteiger partial charge in [-0.2, -0.15) is 0 Å². The molecule has 0 saturated carbocycles. The molecule has 0 aliphatic rings. The molecule has 0 fully saturated rings. The Morgan fingerprint density at radius 1 is 1.27 bits per heavy atom. The number of oxazole rings is 1. The normalized spacial score (nSPS) is 10.5. The number of nitrogens with zero attached hydrogens (tertiary/aromatic N) is 2. The van der Waals surface area contributed by atoms with Gasteiger partial charge in [0.1, 0.15) is 0 Å². The molecule has 0 radical (unpaired) electrons. The minimum absolute atomic E-state index is 0.0225. The predicted molar refractivity (Wildman–Crippen MR) is 95.0 cm³/mol. The van der Waals surface area contributed by atoms with Crippen LogP contribution in [0.4, 0.5) is 5.69 Å². The van der Waals surface area contributed by atoms with E-state index in [-0.39, 0.29) is 35.2 Å². The van der Waals surface area contributed by atoms with Gasteiger partial charge in [0.05, 0.1) is 17.1 Å². The summed E-state index contributed by atoms with van der Waals surface area (Å²) in [6.07, 6.45) is 0. The molecule has 132 valence electrons. The third kappa shape index (κ3) is 3.43. The molecule has 8 heteroatoms. The van der Waals surface area contributed by atoms with Crippen LogP contribution in [-0.2, 0) is 4.74 Å². The number of esters is 1. The van der Waals surface area contributed by atoms with Gasteiger partial charge >= 0.3 is 5.97 Å². The first-order valence-corrected chi connectivity index (χ1v) is 8.06. The van der Waals surface area contributed by atoms with Gasteiger partial charge in [-0.3, -0.25) is 10.1 Å². The zero-order valence-corrected chi connectivity index (χ0v) is 14.4. The van der Waals surface area contributed by atoms with Crippen LogP contribution in [0.1, 0.15) is 17.4 Å². The minimum Gasteiger partial charge on any atom is -0.461 e. The van der Waals surface area contributed by atoms with Gasteiger partial charge in [-0.1, -0.05) is 29.8 Å². The summed E-state index contributed by atoms with van der Waals surface area (Å²) in [5.74, 6) is -0.632. The van der Waals surface area contributed by atoms with Crippen molar-refractivity contribution >= 4 is 23.3 Å². The molecule has 3 aromatic rings. The molecule has 0 N–H and O–H groups in total. The molecule has 2 aromatic carbocycles. The fourth-order valence-corrected chi connectivity index (χ4v) is 2.60. The quantitative estimate of drug-likeness (QED) is 0.364. The lowest BCUT2D eigenvalue weighted by molar-refractivity contribution is -0.384. The van der Waals surface area contributed by atoms with E-state index in [0.717, 1.165) is 0 Å². The molecule has 0 bridgehead atoms. The SMILES string of the molecule is CCOC(=O)c1nc(-c2cccc(Cl)c2)oc1-c1ccccc1[N+](=O)[O-]. The maximum absolute atomic E-state index is 12.3. The molecule has 0 spiro atoms. The van der Waals surface area contributed by atoms with Crippen molar-refractivity contribution in [3.63, 3.8) is 0 Å². The van der Waals surface area contributed by atoms with E-state index >= 15 is 0 Å². The summed E-state index contributed by atoms with van der Waals surface area (Å²) in [6.45, 7) is 1.79. The van der Waals surface area contributed by atoms with Crippen molar-refractivity contribution in [1.29, 1.82) is 0 Å². The molecule has 0 amide bonds. The van der Waals surface area contributed by atoms with E-state index in [1.54, 1.807) is 37.3 Å². The molecular weight excluding hydrogens is 360 g/mol. The number of para-hydroxylation sites is 1. The predicted octanol–water partition coefficient (Wildman–Crippen LogP) is 4.75. The van der Waals surface area contributed by atoms with Gasteiger partial charge in [-0.05, 0) is 31.2 Å². The van der Waals surface area contributed by atoms with Crippen LogP contribution in [0, 0.1) is 10.1 Å². The van der Waals surface area contributed by atoms with Gasteiger partial charge in [0.15, 0.2) is 11.5 Å². The highest BCUT2D eigenvalue weighted by molar-refractivity contribution is 6.30. The standard InChI is InChI=1S/C18H13ClN2O5/c1-2-25-18(22)15-16(13-8-3-4-9-14(13)21(23)24)26-17(20-15)11-6-5-7-12(19)10-11/h3-10H,2H2,1H3. The summed E-state index contributed by atoms with van der Waals surface area (Å²) in [5, 5.41) is 11.8. The Hall–Kier alpha value is -3.19. The highest BCUT2D eigenvalue weighted by Crippen LogP contribution is 2.36. The summed E-state index contributed by atoms with van der Waals surface area (Å²) >= 11 is 5.99. The van der Waals surface area contributed by atoms with Gasteiger partial charge < -0.3 is 9.15 Å². The van der Waals surface area contributed by atoms with E-state index in [9.17, 15) is 14.9 Å². The number of ether oxygens (including phenoxy) is 1. The van der Waals surface area contributed by atoms with Crippen molar-refractivity contribution in [1.82, 2.24) is 4.98 Å². The zero-order valence-electron chi connectivity index (χ0n) is 13.6. The topological polar surface area (TPSA) is 95.5 Å². The number of nitro groups is 1. The first-order chi connectivity index (χ1) is 12.5. The Kier molecular flexibility index (Phi) is 4.99. The fourth-order valence-electron chi connectivity index (χ4n) is 2.41. The highest BCUT2D eigenvalue weighted by atomic mass is 35.5. The summed E-state index contributed by atoms with van der Waals surface area (Å²) in [4.78, 5) is 27.3. The molecule has 3 rings (SSSR count). The smallest absolute Gasteiger partial charge is 0.361 e. The molecule has 0 aliphatic heterocycles. The first kappa shape index (κ1) is 17.6. The maximum atomic E-state index is 12.3. The number of benzene rings is 2. The van der Waals surface area contributed by atoms with Gasteiger partial charge in [-0.15, -0.1) is 0 Å². The van der Waals surface area contributed by atoms with Crippen molar-refractivity contribution in [2.75, 3.05) is 6.61 Å².